The van der Waals surface area contributed by atoms with Gasteiger partial charge in [0.2, 0.25) is 0 Å². The van der Waals surface area contributed by atoms with Gasteiger partial charge in [0.15, 0.2) is 11.5 Å². The first-order chi connectivity index (χ1) is 11.1. The van der Waals surface area contributed by atoms with Gasteiger partial charge in [0.25, 0.3) is 0 Å². The SMILES string of the molecule is COc1cc(C)ccc1OCCNC(=O)Nc1ccccc1Br. The Kier molecular flexibility index (Phi) is 6.29. The zero-order valence-corrected chi connectivity index (χ0v) is 14.6. The van der Waals surface area contributed by atoms with Crippen LogP contribution in [0.15, 0.2) is 46.9 Å². The third kappa shape index (κ3) is 5.17. The molecule has 0 aromatic heterocycles. The number of rotatable bonds is 6. The van der Waals surface area contributed by atoms with Crippen molar-refractivity contribution >= 4 is 27.6 Å². The van der Waals surface area contributed by atoms with Gasteiger partial charge in [-0.2, -0.15) is 0 Å². The van der Waals surface area contributed by atoms with Gasteiger partial charge in [-0.25, -0.2) is 4.79 Å². The van der Waals surface area contributed by atoms with Crippen LogP contribution in [0.3, 0.4) is 0 Å². The van der Waals surface area contributed by atoms with Crippen LogP contribution in [0.4, 0.5) is 10.5 Å². The number of urea groups is 1. The molecule has 2 N–H and O–H groups in total. The number of ether oxygens (including phenoxy) is 2. The Morgan fingerprint density at radius 1 is 1.17 bits per heavy atom. The van der Waals surface area contributed by atoms with E-state index in [0.717, 1.165) is 10.0 Å². The van der Waals surface area contributed by atoms with E-state index in [-0.39, 0.29) is 6.03 Å². The fourth-order valence-electron chi connectivity index (χ4n) is 1.95. The number of aryl methyl sites for hydroxylation is 1. The molecule has 0 heterocycles. The Hall–Kier alpha value is -2.21. The van der Waals surface area contributed by atoms with Gasteiger partial charge in [-0.15, -0.1) is 0 Å². The van der Waals surface area contributed by atoms with Crippen LogP contribution >= 0.6 is 15.9 Å². The lowest BCUT2D eigenvalue weighted by Gasteiger charge is -2.12. The number of carbonyl (C=O) groups excluding carboxylic acids is 1. The van der Waals surface area contributed by atoms with Crippen LogP contribution in [0.1, 0.15) is 5.56 Å². The number of carbonyl (C=O) groups is 1. The van der Waals surface area contributed by atoms with E-state index in [1.165, 1.54) is 0 Å². The Labute approximate surface area is 144 Å². The molecule has 0 unspecified atom stereocenters. The lowest BCUT2D eigenvalue weighted by atomic mass is 10.2. The maximum atomic E-state index is 11.8. The van der Waals surface area contributed by atoms with Gasteiger partial charge < -0.3 is 20.1 Å². The van der Waals surface area contributed by atoms with Crippen molar-refractivity contribution in [3.63, 3.8) is 0 Å². The molecular formula is C17H19BrN2O3. The molecule has 0 atom stereocenters. The van der Waals surface area contributed by atoms with Crippen LogP contribution in [0.25, 0.3) is 0 Å². The average molecular weight is 379 g/mol. The first-order valence-electron chi connectivity index (χ1n) is 7.17. The summed E-state index contributed by atoms with van der Waals surface area (Å²) in [5, 5.41) is 5.50. The molecule has 122 valence electrons. The summed E-state index contributed by atoms with van der Waals surface area (Å²) in [4.78, 5) is 11.8. The number of halogens is 1. The minimum absolute atomic E-state index is 0.281. The number of anilines is 1. The van der Waals surface area contributed by atoms with Gasteiger partial charge in [0.1, 0.15) is 6.61 Å². The maximum absolute atomic E-state index is 11.8. The van der Waals surface area contributed by atoms with E-state index >= 15 is 0 Å². The van der Waals surface area contributed by atoms with E-state index in [1.807, 2.05) is 49.4 Å². The van der Waals surface area contributed by atoms with Crippen LogP contribution in [-0.2, 0) is 0 Å². The van der Waals surface area contributed by atoms with Crippen LogP contribution in [-0.4, -0.2) is 26.3 Å². The van der Waals surface area contributed by atoms with Gasteiger partial charge in [-0.05, 0) is 52.7 Å². The Balaban J connectivity index is 1.77. The van der Waals surface area contributed by atoms with Crippen LogP contribution in [0.2, 0.25) is 0 Å². The van der Waals surface area contributed by atoms with Crippen molar-refractivity contribution in [2.24, 2.45) is 0 Å². The lowest BCUT2D eigenvalue weighted by Crippen LogP contribution is -2.32. The predicted molar refractivity (Wildman–Crippen MR) is 94.4 cm³/mol. The van der Waals surface area contributed by atoms with Crippen LogP contribution in [0.5, 0.6) is 11.5 Å². The minimum atomic E-state index is -0.281. The van der Waals surface area contributed by atoms with Crippen LogP contribution < -0.4 is 20.1 Å². The first kappa shape index (κ1) is 17.1. The fraction of sp³-hybridized carbons (Fsp3) is 0.235. The molecule has 0 spiro atoms. The number of hydrogen-bond donors (Lipinski definition) is 2. The Morgan fingerprint density at radius 2 is 1.96 bits per heavy atom. The third-order valence-electron chi connectivity index (χ3n) is 3.09. The predicted octanol–water partition coefficient (Wildman–Crippen LogP) is 3.97. The third-order valence-corrected chi connectivity index (χ3v) is 3.78. The standard InChI is InChI=1S/C17H19BrN2O3/c1-12-7-8-15(16(11-12)22-2)23-10-9-19-17(21)20-14-6-4-3-5-13(14)18/h3-8,11H,9-10H2,1-2H3,(H2,19,20,21). The van der Waals surface area contributed by atoms with Crippen LogP contribution in [0, 0.1) is 6.92 Å². The van der Waals surface area contributed by atoms with Crippen molar-refractivity contribution in [3.8, 4) is 11.5 Å². The van der Waals surface area contributed by atoms with E-state index in [4.69, 9.17) is 9.47 Å². The molecule has 2 amide bonds. The summed E-state index contributed by atoms with van der Waals surface area (Å²) in [6.07, 6.45) is 0. The number of para-hydroxylation sites is 1. The molecule has 2 rings (SSSR count). The molecule has 0 aliphatic rings. The van der Waals surface area contributed by atoms with Crippen molar-refractivity contribution in [2.45, 2.75) is 6.92 Å². The Morgan fingerprint density at radius 3 is 2.70 bits per heavy atom. The molecule has 0 saturated carbocycles. The maximum Gasteiger partial charge on any atom is 0.319 e. The topological polar surface area (TPSA) is 59.6 Å². The summed E-state index contributed by atoms with van der Waals surface area (Å²) in [7, 11) is 1.60. The van der Waals surface area contributed by atoms with Crippen molar-refractivity contribution in [3.05, 3.63) is 52.5 Å². The summed E-state index contributed by atoms with van der Waals surface area (Å²) in [6, 6.07) is 12.8. The normalized spacial score (nSPS) is 10.0. The van der Waals surface area contributed by atoms with Gasteiger partial charge in [0.05, 0.1) is 19.3 Å². The summed E-state index contributed by atoms with van der Waals surface area (Å²) in [5.74, 6) is 1.34. The molecule has 2 aromatic rings. The van der Waals surface area contributed by atoms with Gasteiger partial charge in [0, 0.05) is 4.47 Å². The summed E-state index contributed by atoms with van der Waals surface area (Å²) < 4.78 is 11.7. The van der Waals surface area contributed by atoms with E-state index in [2.05, 4.69) is 26.6 Å². The molecule has 0 fully saturated rings. The van der Waals surface area contributed by atoms with Crippen molar-refractivity contribution in [1.29, 1.82) is 0 Å². The average Bonchev–Trinajstić information content (AvgIpc) is 2.54. The molecule has 5 nitrogen and oxygen atoms in total. The number of benzene rings is 2. The minimum Gasteiger partial charge on any atom is -0.493 e. The lowest BCUT2D eigenvalue weighted by molar-refractivity contribution is 0.246. The van der Waals surface area contributed by atoms with Crippen molar-refractivity contribution in [1.82, 2.24) is 5.32 Å². The van der Waals surface area contributed by atoms with Gasteiger partial charge in [-0.1, -0.05) is 18.2 Å². The number of methoxy groups -OCH3 is 1. The molecule has 0 aliphatic carbocycles. The van der Waals surface area contributed by atoms with Crippen molar-refractivity contribution in [2.75, 3.05) is 25.6 Å². The van der Waals surface area contributed by atoms with Gasteiger partial charge >= 0.3 is 6.03 Å². The highest BCUT2D eigenvalue weighted by molar-refractivity contribution is 9.10. The highest BCUT2D eigenvalue weighted by Crippen LogP contribution is 2.27. The number of hydrogen-bond acceptors (Lipinski definition) is 3. The fourth-order valence-corrected chi connectivity index (χ4v) is 2.33. The monoisotopic (exact) mass is 378 g/mol. The molecule has 23 heavy (non-hydrogen) atoms. The van der Waals surface area contributed by atoms with Crippen molar-refractivity contribution < 1.29 is 14.3 Å². The van der Waals surface area contributed by atoms with E-state index in [1.54, 1.807) is 7.11 Å². The molecule has 0 radical (unpaired) electrons. The number of nitrogens with one attached hydrogen (secondary N) is 2. The first-order valence-corrected chi connectivity index (χ1v) is 7.96. The molecule has 6 heteroatoms. The highest BCUT2D eigenvalue weighted by Gasteiger charge is 2.06. The van der Waals surface area contributed by atoms with E-state index in [9.17, 15) is 4.79 Å². The summed E-state index contributed by atoms with van der Waals surface area (Å²) in [5.41, 5.74) is 1.81. The second-order valence-corrected chi connectivity index (χ2v) is 5.72. The van der Waals surface area contributed by atoms with Gasteiger partial charge in [-0.3, -0.25) is 0 Å². The quantitative estimate of drug-likeness (QED) is 0.747. The second kappa shape index (κ2) is 8.43. The highest BCUT2D eigenvalue weighted by atomic mass is 79.9. The number of amides is 2. The summed E-state index contributed by atoms with van der Waals surface area (Å²) >= 11 is 3.38. The molecule has 0 saturated heterocycles. The van der Waals surface area contributed by atoms with E-state index < -0.39 is 0 Å². The molecular weight excluding hydrogens is 360 g/mol. The molecule has 0 aliphatic heterocycles. The Bertz CT molecular complexity index is 677. The molecule has 2 aromatic carbocycles. The zero-order valence-electron chi connectivity index (χ0n) is 13.1. The largest absolute Gasteiger partial charge is 0.493 e. The zero-order chi connectivity index (χ0) is 16.7. The second-order valence-electron chi connectivity index (χ2n) is 4.86. The van der Waals surface area contributed by atoms with E-state index in [0.29, 0.717) is 30.3 Å². The smallest absolute Gasteiger partial charge is 0.319 e. The molecule has 0 bridgehead atoms. The summed E-state index contributed by atoms with van der Waals surface area (Å²) in [6.45, 7) is 2.72.